The van der Waals surface area contributed by atoms with Gasteiger partial charge in [0.05, 0.1) is 6.20 Å². The fraction of sp³-hybridized carbons (Fsp3) is 0.375. The molecule has 22 heavy (non-hydrogen) atoms. The molecule has 0 unspecified atom stereocenters. The third-order valence-electron chi connectivity index (χ3n) is 3.06. The van der Waals surface area contributed by atoms with Crippen LogP contribution in [-0.4, -0.2) is 21.5 Å². The number of alkyl carbamates (subject to hydrolysis) is 1. The number of hydrogen-bond donors (Lipinski definition) is 2. The molecular formula is C16H22N4O2. The van der Waals surface area contributed by atoms with E-state index in [0.717, 1.165) is 16.7 Å². The molecule has 0 aliphatic carbocycles. The van der Waals surface area contributed by atoms with Crippen LogP contribution in [-0.2, 0) is 18.3 Å². The number of nitrogens with one attached hydrogen (secondary N) is 1. The van der Waals surface area contributed by atoms with Gasteiger partial charge in [0.2, 0.25) is 0 Å². The number of benzene rings is 1. The number of rotatable bonds is 3. The second kappa shape index (κ2) is 6.09. The summed E-state index contributed by atoms with van der Waals surface area (Å²) in [6.45, 7) is 5.89. The number of nitrogens with zero attached hydrogens (tertiary/aromatic N) is 2. The highest BCUT2D eigenvalue weighted by molar-refractivity contribution is 5.74. The van der Waals surface area contributed by atoms with Gasteiger partial charge in [0.25, 0.3) is 0 Å². The first-order chi connectivity index (χ1) is 10.3. The van der Waals surface area contributed by atoms with Crippen molar-refractivity contribution in [3.63, 3.8) is 0 Å². The zero-order valence-electron chi connectivity index (χ0n) is 13.4. The van der Waals surface area contributed by atoms with Crippen molar-refractivity contribution in [2.45, 2.75) is 32.9 Å². The van der Waals surface area contributed by atoms with Gasteiger partial charge in [-0.2, -0.15) is 5.10 Å². The molecule has 0 fully saturated rings. The Balaban J connectivity index is 2.06. The Labute approximate surface area is 130 Å². The van der Waals surface area contributed by atoms with Crippen molar-refractivity contribution in [1.82, 2.24) is 15.1 Å². The molecule has 0 aliphatic heterocycles. The van der Waals surface area contributed by atoms with Crippen LogP contribution in [0, 0.1) is 0 Å². The summed E-state index contributed by atoms with van der Waals surface area (Å²) in [4.78, 5) is 11.7. The van der Waals surface area contributed by atoms with Gasteiger partial charge in [-0.05, 0) is 38.0 Å². The van der Waals surface area contributed by atoms with E-state index in [1.165, 1.54) is 0 Å². The van der Waals surface area contributed by atoms with Gasteiger partial charge in [0.1, 0.15) is 11.4 Å². The molecule has 0 saturated carbocycles. The fourth-order valence-electron chi connectivity index (χ4n) is 2.01. The van der Waals surface area contributed by atoms with Crippen molar-refractivity contribution in [2.24, 2.45) is 7.05 Å². The van der Waals surface area contributed by atoms with E-state index in [4.69, 9.17) is 10.5 Å². The molecule has 1 aromatic carbocycles. The molecule has 6 heteroatoms. The minimum Gasteiger partial charge on any atom is -0.444 e. The van der Waals surface area contributed by atoms with E-state index in [9.17, 15) is 4.79 Å². The monoisotopic (exact) mass is 302 g/mol. The largest absolute Gasteiger partial charge is 0.444 e. The molecule has 6 nitrogen and oxygen atoms in total. The van der Waals surface area contributed by atoms with Crippen LogP contribution in [0.3, 0.4) is 0 Å². The van der Waals surface area contributed by atoms with Gasteiger partial charge in [0, 0.05) is 19.2 Å². The average molecular weight is 302 g/mol. The lowest BCUT2D eigenvalue weighted by Gasteiger charge is -2.19. The number of carbonyl (C=O) groups is 1. The standard InChI is InChI=1S/C16H22N4O2/c1-16(2,3)22-15(21)18-9-11-6-5-7-12(8-11)13-10-19-20(4)14(13)17/h5-8,10H,9,17H2,1-4H3,(H,18,21). The van der Waals surface area contributed by atoms with Gasteiger partial charge < -0.3 is 15.8 Å². The van der Waals surface area contributed by atoms with E-state index in [1.807, 2.05) is 45.0 Å². The van der Waals surface area contributed by atoms with Gasteiger partial charge in [-0.15, -0.1) is 0 Å². The molecule has 0 bridgehead atoms. The van der Waals surface area contributed by atoms with Crippen LogP contribution in [0.4, 0.5) is 10.6 Å². The predicted molar refractivity (Wildman–Crippen MR) is 86.1 cm³/mol. The van der Waals surface area contributed by atoms with Gasteiger partial charge in [0.15, 0.2) is 0 Å². The van der Waals surface area contributed by atoms with Crippen LogP contribution in [0.2, 0.25) is 0 Å². The van der Waals surface area contributed by atoms with Crippen molar-refractivity contribution < 1.29 is 9.53 Å². The lowest BCUT2D eigenvalue weighted by Crippen LogP contribution is -2.32. The Hall–Kier alpha value is -2.50. The van der Waals surface area contributed by atoms with Crippen molar-refractivity contribution in [3.8, 4) is 11.1 Å². The summed E-state index contributed by atoms with van der Waals surface area (Å²) in [6.07, 6.45) is 1.30. The predicted octanol–water partition coefficient (Wildman–Crippen LogP) is 2.69. The fourth-order valence-corrected chi connectivity index (χ4v) is 2.01. The molecule has 118 valence electrons. The molecule has 0 atom stereocenters. The van der Waals surface area contributed by atoms with Crippen LogP contribution >= 0.6 is 0 Å². The van der Waals surface area contributed by atoms with E-state index >= 15 is 0 Å². The lowest BCUT2D eigenvalue weighted by molar-refractivity contribution is 0.0523. The van der Waals surface area contributed by atoms with E-state index < -0.39 is 11.7 Å². The molecule has 0 spiro atoms. The Morgan fingerprint density at radius 3 is 2.73 bits per heavy atom. The van der Waals surface area contributed by atoms with E-state index in [2.05, 4.69) is 10.4 Å². The van der Waals surface area contributed by atoms with Crippen LogP contribution in [0.5, 0.6) is 0 Å². The topological polar surface area (TPSA) is 82.2 Å². The molecular weight excluding hydrogens is 280 g/mol. The van der Waals surface area contributed by atoms with E-state index in [-0.39, 0.29) is 0 Å². The number of aryl methyl sites for hydroxylation is 1. The van der Waals surface area contributed by atoms with Crippen LogP contribution < -0.4 is 11.1 Å². The zero-order chi connectivity index (χ0) is 16.3. The molecule has 0 saturated heterocycles. The van der Waals surface area contributed by atoms with E-state index in [1.54, 1.807) is 17.9 Å². The maximum Gasteiger partial charge on any atom is 0.407 e. The van der Waals surface area contributed by atoms with Crippen molar-refractivity contribution in [3.05, 3.63) is 36.0 Å². The third-order valence-corrected chi connectivity index (χ3v) is 3.06. The maximum absolute atomic E-state index is 11.7. The zero-order valence-corrected chi connectivity index (χ0v) is 13.4. The summed E-state index contributed by atoms with van der Waals surface area (Å²) in [5.41, 5.74) is 8.29. The van der Waals surface area contributed by atoms with Gasteiger partial charge >= 0.3 is 6.09 Å². The smallest absolute Gasteiger partial charge is 0.407 e. The SMILES string of the molecule is Cn1ncc(-c2cccc(CNC(=O)OC(C)(C)C)c2)c1N. The van der Waals surface area contributed by atoms with E-state index in [0.29, 0.717) is 12.4 Å². The molecule has 2 rings (SSSR count). The second-order valence-electron chi connectivity index (χ2n) is 6.12. The number of anilines is 1. The van der Waals surface area contributed by atoms with Crippen molar-refractivity contribution in [1.29, 1.82) is 0 Å². The third kappa shape index (κ3) is 4.00. The quantitative estimate of drug-likeness (QED) is 0.913. The molecule has 1 heterocycles. The first-order valence-corrected chi connectivity index (χ1v) is 7.10. The van der Waals surface area contributed by atoms with Gasteiger partial charge in [-0.1, -0.05) is 18.2 Å². The molecule has 1 aromatic heterocycles. The maximum atomic E-state index is 11.7. The average Bonchev–Trinajstić information content (AvgIpc) is 2.75. The van der Waals surface area contributed by atoms with Crippen LogP contribution in [0.15, 0.2) is 30.5 Å². The van der Waals surface area contributed by atoms with Gasteiger partial charge in [-0.25, -0.2) is 4.79 Å². The normalized spacial score (nSPS) is 11.3. The Kier molecular flexibility index (Phi) is 4.40. The minimum absolute atomic E-state index is 0.392. The second-order valence-corrected chi connectivity index (χ2v) is 6.12. The first-order valence-electron chi connectivity index (χ1n) is 7.10. The Bertz CT molecular complexity index is 671. The van der Waals surface area contributed by atoms with Crippen molar-refractivity contribution in [2.75, 3.05) is 5.73 Å². The Morgan fingerprint density at radius 2 is 2.14 bits per heavy atom. The molecule has 0 radical (unpaired) electrons. The summed E-state index contributed by atoms with van der Waals surface area (Å²) in [6, 6.07) is 7.80. The minimum atomic E-state index is -0.504. The highest BCUT2D eigenvalue weighted by Gasteiger charge is 2.15. The number of amides is 1. The summed E-state index contributed by atoms with van der Waals surface area (Å²) in [7, 11) is 1.80. The Morgan fingerprint density at radius 1 is 1.41 bits per heavy atom. The highest BCUT2D eigenvalue weighted by atomic mass is 16.6. The van der Waals surface area contributed by atoms with Gasteiger partial charge in [-0.3, -0.25) is 4.68 Å². The van der Waals surface area contributed by atoms with Crippen LogP contribution in [0.25, 0.3) is 11.1 Å². The number of ether oxygens (including phenoxy) is 1. The number of carbonyl (C=O) groups excluding carboxylic acids is 1. The number of hydrogen-bond acceptors (Lipinski definition) is 4. The molecule has 3 N–H and O–H groups in total. The number of nitrogens with two attached hydrogens (primary N) is 1. The summed E-state index contributed by atoms with van der Waals surface area (Å²) in [5, 5.41) is 6.88. The summed E-state index contributed by atoms with van der Waals surface area (Å²) in [5.74, 6) is 0.609. The van der Waals surface area contributed by atoms with Crippen LogP contribution in [0.1, 0.15) is 26.3 Å². The summed E-state index contributed by atoms with van der Waals surface area (Å²) >= 11 is 0. The number of aromatic nitrogens is 2. The number of nitrogen functional groups attached to an aromatic ring is 1. The molecule has 0 aliphatic rings. The summed E-state index contributed by atoms with van der Waals surface area (Å²) < 4.78 is 6.84. The highest BCUT2D eigenvalue weighted by Crippen LogP contribution is 2.25. The molecule has 2 aromatic rings. The first kappa shape index (κ1) is 15.9. The molecule has 1 amide bonds. The lowest BCUT2D eigenvalue weighted by atomic mass is 10.1. The van der Waals surface area contributed by atoms with Crippen molar-refractivity contribution >= 4 is 11.9 Å².